The normalized spacial score (nSPS) is 33.8. The van der Waals surface area contributed by atoms with Crippen molar-refractivity contribution < 1.29 is 0 Å². The molecule has 0 radical (unpaired) electrons. The van der Waals surface area contributed by atoms with E-state index in [1.54, 1.807) is 0 Å². The van der Waals surface area contributed by atoms with Crippen LogP contribution in [0.3, 0.4) is 0 Å². The SMILES string of the molecule is C1=CC2=CN3CC=CNC3C2C=C1. The monoisotopic (exact) mass is 172 g/mol. The summed E-state index contributed by atoms with van der Waals surface area (Å²) in [7, 11) is 0. The van der Waals surface area contributed by atoms with Crippen LogP contribution in [0.25, 0.3) is 0 Å². The van der Waals surface area contributed by atoms with E-state index in [1.807, 2.05) is 0 Å². The van der Waals surface area contributed by atoms with E-state index >= 15 is 0 Å². The van der Waals surface area contributed by atoms with E-state index in [0.29, 0.717) is 12.1 Å². The summed E-state index contributed by atoms with van der Waals surface area (Å²) in [5.41, 5.74) is 1.42. The summed E-state index contributed by atoms with van der Waals surface area (Å²) < 4.78 is 0. The zero-order valence-corrected chi connectivity index (χ0v) is 7.35. The van der Waals surface area contributed by atoms with Crippen LogP contribution in [-0.4, -0.2) is 17.6 Å². The van der Waals surface area contributed by atoms with Crippen LogP contribution in [-0.2, 0) is 0 Å². The van der Waals surface area contributed by atoms with E-state index < -0.39 is 0 Å². The summed E-state index contributed by atoms with van der Waals surface area (Å²) >= 11 is 0. The van der Waals surface area contributed by atoms with Crippen LogP contribution in [0.4, 0.5) is 0 Å². The summed E-state index contributed by atoms with van der Waals surface area (Å²) in [6.07, 6.45) is 15.6. The maximum atomic E-state index is 3.39. The van der Waals surface area contributed by atoms with Crippen molar-refractivity contribution in [1.82, 2.24) is 10.2 Å². The fourth-order valence-electron chi connectivity index (χ4n) is 2.17. The molecule has 0 fully saturated rings. The number of fused-ring (bicyclic) bond motifs is 3. The second-order valence-corrected chi connectivity index (χ2v) is 3.61. The van der Waals surface area contributed by atoms with E-state index in [4.69, 9.17) is 0 Å². The molecule has 1 N–H and O–H groups in total. The van der Waals surface area contributed by atoms with Gasteiger partial charge in [0.05, 0.1) is 0 Å². The van der Waals surface area contributed by atoms with Gasteiger partial charge >= 0.3 is 0 Å². The molecule has 13 heavy (non-hydrogen) atoms. The molecule has 0 bridgehead atoms. The summed E-state index contributed by atoms with van der Waals surface area (Å²) in [4.78, 5) is 2.35. The van der Waals surface area contributed by atoms with Crippen molar-refractivity contribution in [2.75, 3.05) is 6.54 Å². The van der Waals surface area contributed by atoms with Crippen molar-refractivity contribution in [1.29, 1.82) is 0 Å². The largest absolute Gasteiger partial charge is 0.371 e. The standard InChI is InChI=1S/C11H12N2/c1-2-5-10-9(4-1)8-13-7-3-6-12-11(10)13/h1-6,8,10-12H,7H2. The Morgan fingerprint density at radius 2 is 2.38 bits per heavy atom. The van der Waals surface area contributed by atoms with Crippen LogP contribution in [0.1, 0.15) is 0 Å². The minimum atomic E-state index is 0.446. The Hall–Kier alpha value is -1.44. The lowest BCUT2D eigenvalue weighted by molar-refractivity contribution is 0.256. The van der Waals surface area contributed by atoms with E-state index in [2.05, 4.69) is 53.0 Å². The zero-order chi connectivity index (χ0) is 8.67. The maximum Gasteiger partial charge on any atom is 0.109 e. The third kappa shape index (κ3) is 0.949. The third-order valence-corrected chi connectivity index (χ3v) is 2.82. The lowest BCUT2D eigenvalue weighted by Crippen LogP contribution is -2.44. The average Bonchev–Trinajstić information content (AvgIpc) is 2.56. The molecule has 3 aliphatic rings. The van der Waals surface area contributed by atoms with Gasteiger partial charge in [-0.15, -0.1) is 0 Å². The molecule has 0 aromatic heterocycles. The van der Waals surface area contributed by atoms with Gasteiger partial charge in [-0.2, -0.15) is 0 Å². The zero-order valence-electron chi connectivity index (χ0n) is 7.35. The van der Waals surface area contributed by atoms with Gasteiger partial charge in [0, 0.05) is 18.7 Å². The molecule has 0 spiro atoms. The Labute approximate surface area is 77.9 Å². The predicted octanol–water partition coefficient (Wildman–Crippen LogP) is 1.37. The summed E-state index contributed by atoms with van der Waals surface area (Å²) in [5, 5.41) is 3.39. The molecule has 2 heteroatoms. The van der Waals surface area contributed by atoms with Crippen LogP contribution in [0.15, 0.2) is 48.4 Å². The van der Waals surface area contributed by atoms with Crippen LogP contribution < -0.4 is 5.32 Å². The molecule has 3 rings (SSSR count). The Morgan fingerprint density at radius 3 is 3.38 bits per heavy atom. The number of hydrogen-bond donors (Lipinski definition) is 1. The Bertz CT molecular complexity index is 336. The molecule has 0 saturated heterocycles. The third-order valence-electron chi connectivity index (χ3n) is 2.82. The van der Waals surface area contributed by atoms with Crippen molar-refractivity contribution in [3.8, 4) is 0 Å². The van der Waals surface area contributed by atoms with Gasteiger partial charge in [0.1, 0.15) is 6.17 Å². The Balaban J connectivity index is 1.97. The fraction of sp³-hybridized carbons (Fsp3) is 0.273. The lowest BCUT2D eigenvalue weighted by atomic mass is 9.95. The summed E-state index contributed by atoms with van der Waals surface area (Å²) in [5.74, 6) is 0.537. The van der Waals surface area contributed by atoms with Gasteiger partial charge in [-0.05, 0) is 17.8 Å². The number of rotatable bonds is 0. The molecule has 0 amide bonds. The van der Waals surface area contributed by atoms with Crippen LogP contribution in [0.5, 0.6) is 0 Å². The van der Waals surface area contributed by atoms with Gasteiger partial charge in [-0.25, -0.2) is 0 Å². The minimum Gasteiger partial charge on any atom is -0.371 e. The molecular formula is C11H12N2. The van der Waals surface area contributed by atoms with Crippen LogP contribution in [0, 0.1) is 5.92 Å². The average molecular weight is 172 g/mol. The molecule has 2 unspecified atom stereocenters. The first-order chi connectivity index (χ1) is 6.45. The highest BCUT2D eigenvalue weighted by molar-refractivity contribution is 5.38. The summed E-state index contributed by atoms with van der Waals surface area (Å²) in [6.45, 7) is 1.03. The van der Waals surface area contributed by atoms with Crippen molar-refractivity contribution >= 4 is 0 Å². The van der Waals surface area contributed by atoms with Crippen LogP contribution in [0.2, 0.25) is 0 Å². The molecule has 2 atom stereocenters. The molecule has 1 aliphatic carbocycles. The van der Waals surface area contributed by atoms with Gasteiger partial charge in [0.2, 0.25) is 0 Å². The molecule has 2 heterocycles. The van der Waals surface area contributed by atoms with E-state index in [-0.39, 0.29) is 0 Å². The quantitative estimate of drug-likeness (QED) is 0.593. The van der Waals surface area contributed by atoms with Crippen LogP contribution >= 0.6 is 0 Å². The number of allylic oxidation sites excluding steroid dienone is 3. The van der Waals surface area contributed by atoms with E-state index in [1.165, 1.54) is 5.57 Å². The first-order valence-electron chi connectivity index (χ1n) is 4.68. The second kappa shape index (κ2) is 2.52. The first-order valence-corrected chi connectivity index (χ1v) is 4.68. The highest BCUT2D eigenvalue weighted by Gasteiger charge is 2.32. The van der Waals surface area contributed by atoms with Gasteiger partial charge in [-0.3, -0.25) is 0 Å². The highest BCUT2D eigenvalue weighted by atomic mass is 15.3. The van der Waals surface area contributed by atoms with Crippen molar-refractivity contribution in [3.05, 3.63) is 48.4 Å². The summed E-state index contributed by atoms with van der Waals surface area (Å²) in [6, 6.07) is 0. The molecule has 0 aromatic rings. The molecule has 0 saturated carbocycles. The Kier molecular flexibility index (Phi) is 1.36. The molecule has 0 aromatic carbocycles. The van der Waals surface area contributed by atoms with E-state index in [0.717, 1.165) is 6.54 Å². The van der Waals surface area contributed by atoms with E-state index in [9.17, 15) is 0 Å². The number of nitrogens with zero attached hydrogens (tertiary/aromatic N) is 1. The van der Waals surface area contributed by atoms with Gasteiger partial charge in [0.25, 0.3) is 0 Å². The van der Waals surface area contributed by atoms with Crippen molar-refractivity contribution in [3.63, 3.8) is 0 Å². The van der Waals surface area contributed by atoms with Gasteiger partial charge < -0.3 is 10.2 Å². The van der Waals surface area contributed by atoms with Gasteiger partial charge in [-0.1, -0.05) is 24.3 Å². The van der Waals surface area contributed by atoms with Gasteiger partial charge in [0.15, 0.2) is 0 Å². The first kappa shape index (κ1) is 7.01. The predicted molar refractivity (Wildman–Crippen MR) is 52.6 cm³/mol. The topological polar surface area (TPSA) is 15.3 Å². The molecular weight excluding hydrogens is 160 g/mol. The minimum absolute atomic E-state index is 0.446. The lowest BCUT2D eigenvalue weighted by Gasteiger charge is -2.31. The molecule has 2 aliphatic heterocycles. The smallest absolute Gasteiger partial charge is 0.109 e. The highest BCUT2D eigenvalue weighted by Crippen LogP contribution is 2.32. The maximum absolute atomic E-state index is 3.39. The molecule has 2 nitrogen and oxygen atoms in total. The molecule has 66 valence electrons. The fourth-order valence-corrected chi connectivity index (χ4v) is 2.17. The number of nitrogens with one attached hydrogen (secondary N) is 1. The second-order valence-electron chi connectivity index (χ2n) is 3.61. The van der Waals surface area contributed by atoms with Crippen molar-refractivity contribution in [2.24, 2.45) is 5.92 Å². The number of hydrogen-bond acceptors (Lipinski definition) is 2. The Morgan fingerprint density at radius 1 is 1.38 bits per heavy atom. The van der Waals surface area contributed by atoms with Crippen molar-refractivity contribution in [2.45, 2.75) is 6.17 Å².